The molecule has 2 aromatic heterocycles. The summed E-state index contributed by atoms with van der Waals surface area (Å²) < 4.78 is 9.11. The van der Waals surface area contributed by atoms with Gasteiger partial charge in [-0.1, -0.05) is 158 Å². The molecule has 9 aromatic carbocycles. The molecule has 0 fully saturated rings. The zero-order valence-electron chi connectivity index (χ0n) is 34.0. The zero-order chi connectivity index (χ0) is 40.9. The highest BCUT2D eigenvalue weighted by Gasteiger charge is 2.20. The minimum atomic E-state index is -0.179. The molecule has 0 saturated carbocycles. The molecule has 0 amide bonds. The van der Waals surface area contributed by atoms with Crippen molar-refractivity contribution >= 4 is 66.1 Å². The normalized spacial score (nSPS) is 12.9. The highest BCUT2D eigenvalue weighted by molar-refractivity contribution is 6.26. The van der Waals surface area contributed by atoms with E-state index in [1.807, 2.05) is 12.1 Å². The number of amidine groups is 1. The van der Waals surface area contributed by atoms with Gasteiger partial charge < -0.3 is 8.98 Å². The highest BCUT2D eigenvalue weighted by Crippen LogP contribution is 2.39. The van der Waals surface area contributed by atoms with Gasteiger partial charge in [-0.2, -0.15) is 0 Å². The number of para-hydroxylation sites is 2. The Morgan fingerprint density at radius 1 is 0.475 bits per heavy atom. The maximum atomic E-state index is 6.77. The summed E-state index contributed by atoms with van der Waals surface area (Å²) in [6, 6.07) is 72.7. The van der Waals surface area contributed by atoms with Gasteiger partial charge in [-0.05, 0) is 107 Å². The van der Waals surface area contributed by atoms with Crippen molar-refractivity contribution < 1.29 is 4.42 Å². The maximum absolute atomic E-state index is 6.77. The molecule has 0 radical (unpaired) electrons. The Morgan fingerprint density at radius 3 is 1.80 bits per heavy atom. The summed E-state index contributed by atoms with van der Waals surface area (Å²) in [5.74, 6) is 0.660. The largest absolute Gasteiger partial charge is 0.456 e. The van der Waals surface area contributed by atoms with Gasteiger partial charge in [0, 0.05) is 38.5 Å². The van der Waals surface area contributed by atoms with Crippen LogP contribution >= 0.6 is 0 Å². The molecule has 0 bridgehead atoms. The molecule has 4 nitrogen and oxygen atoms in total. The predicted octanol–water partition coefficient (Wildman–Crippen LogP) is 15.2. The molecule has 2 heterocycles. The topological polar surface area (TPSA) is 42.8 Å². The number of rotatable bonds is 7. The molecular formula is C57H41N3O. The van der Waals surface area contributed by atoms with Crippen LogP contribution in [-0.2, 0) is 0 Å². The first-order chi connectivity index (χ1) is 30.1. The lowest BCUT2D eigenvalue weighted by molar-refractivity contribution is 0.669. The Labute approximate surface area is 354 Å². The standard InChI is InChI=1S/C57H41N3O/c1-37(39-26-28-42(29-27-39)40-16-6-3-7-17-40)58-57(59-38(2)43-31-33-53-50(34-43)47-23-14-15-25-52(47)60(53)45-20-10-5-11-21-45)51-36-55-56(48-24-13-12-22-46(48)51)49-32-30-44(35-54(49)61-55)41-18-8-4-9-19-41/h3-37H,1-2H3/b58-57-,59-38+. The molecule has 0 spiro atoms. The second-order valence-electron chi connectivity index (χ2n) is 15.8. The molecule has 1 atom stereocenters. The van der Waals surface area contributed by atoms with Gasteiger partial charge in [-0.3, -0.25) is 4.99 Å². The van der Waals surface area contributed by atoms with Crippen LogP contribution in [0, 0.1) is 0 Å². The number of aromatic nitrogens is 1. The Balaban J connectivity index is 1.08. The number of hydrogen-bond acceptors (Lipinski definition) is 2. The van der Waals surface area contributed by atoms with Crippen LogP contribution in [0.2, 0.25) is 0 Å². The SMILES string of the molecule is C/C(=N\C(=N/C(C)c1ccc(-c2ccccc2)cc1)c1cc2oc3cc(-c4ccccc4)ccc3c2c2ccccc12)c1ccc2c(c1)c1ccccc1n2-c1ccccc1. The predicted molar refractivity (Wildman–Crippen MR) is 256 cm³/mol. The fourth-order valence-electron chi connectivity index (χ4n) is 8.91. The van der Waals surface area contributed by atoms with Crippen molar-refractivity contribution in [3.63, 3.8) is 0 Å². The van der Waals surface area contributed by atoms with Gasteiger partial charge in [0.2, 0.25) is 0 Å². The van der Waals surface area contributed by atoms with E-state index >= 15 is 0 Å². The molecule has 1 unspecified atom stereocenters. The van der Waals surface area contributed by atoms with E-state index < -0.39 is 0 Å². The fraction of sp³-hybridized carbons (Fsp3) is 0.0526. The van der Waals surface area contributed by atoms with Crippen molar-refractivity contribution in [2.24, 2.45) is 9.98 Å². The van der Waals surface area contributed by atoms with E-state index in [-0.39, 0.29) is 6.04 Å². The maximum Gasteiger partial charge on any atom is 0.156 e. The number of aliphatic imine (C=N–C) groups is 2. The molecule has 0 N–H and O–H groups in total. The summed E-state index contributed by atoms with van der Waals surface area (Å²) in [7, 11) is 0. The van der Waals surface area contributed by atoms with E-state index in [0.717, 1.165) is 77.4 Å². The lowest BCUT2D eigenvalue weighted by Crippen LogP contribution is -2.07. The van der Waals surface area contributed by atoms with Gasteiger partial charge >= 0.3 is 0 Å². The first kappa shape index (κ1) is 36.3. The minimum Gasteiger partial charge on any atom is -0.456 e. The first-order valence-electron chi connectivity index (χ1n) is 20.9. The van der Waals surface area contributed by atoms with Crippen molar-refractivity contribution in [3.8, 4) is 27.9 Å². The van der Waals surface area contributed by atoms with E-state index in [4.69, 9.17) is 14.4 Å². The van der Waals surface area contributed by atoms with E-state index in [0.29, 0.717) is 5.84 Å². The van der Waals surface area contributed by atoms with Gasteiger partial charge in [0.1, 0.15) is 11.2 Å². The Bertz CT molecular complexity index is 3470. The van der Waals surface area contributed by atoms with E-state index in [1.165, 1.54) is 27.4 Å². The third kappa shape index (κ3) is 6.50. The summed E-state index contributed by atoms with van der Waals surface area (Å²) in [6.45, 7) is 4.25. The summed E-state index contributed by atoms with van der Waals surface area (Å²) >= 11 is 0. The van der Waals surface area contributed by atoms with Crippen LogP contribution in [0.1, 0.15) is 36.6 Å². The second kappa shape index (κ2) is 15.1. The zero-order valence-corrected chi connectivity index (χ0v) is 34.0. The van der Waals surface area contributed by atoms with Gasteiger partial charge in [-0.15, -0.1) is 0 Å². The summed E-state index contributed by atoms with van der Waals surface area (Å²) in [4.78, 5) is 11.0. The quantitative estimate of drug-likeness (QED) is 0.117. The molecule has 11 aromatic rings. The Kier molecular flexibility index (Phi) is 8.97. The molecule has 0 aliphatic carbocycles. The average Bonchev–Trinajstić information content (AvgIpc) is 3.87. The van der Waals surface area contributed by atoms with Crippen molar-refractivity contribution in [1.82, 2.24) is 4.57 Å². The fourth-order valence-corrected chi connectivity index (χ4v) is 8.91. The Hall–Kier alpha value is -7.82. The van der Waals surface area contributed by atoms with Crippen molar-refractivity contribution in [3.05, 3.63) is 223 Å². The van der Waals surface area contributed by atoms with Crippen LogP contribution in [0.4, 0.5) is 0 Å². The number of fused-ring (bicyclic) bond motifs is 8. The minimum absolute atomic E-state index is 0.179. The van der Waals surface area contributed by atoms with Crippen LogP contribution in [0.5, 0.6) is 0 Å². The lowest BCUT2D eigenvalue weighted by atomic mass is 9.97. The van der Waals surface area contributed by atoms with Crippen LogP contribution in [0.3, 0.4) is 0 Å². The smallest absolute Gasteiger partial charge is 0.156 e. The van der Waals surface area contributed by atoms with E-state index in [2.05, 4.69) is 213 Å². The molecule has 290 valence electrons. The molecule has 0 saturated heterocycles. The first-order valence-corrected chi connectivity index (χ1v) is 20.9. The second-order valence-corrected chi connectivity index (χ2v) is 15.8. The van der Waals surface area contributed by atoms with E-state index in [9.17, 15) is 0 Å². The molecule has 0 aliphatic rings. The highest BCUT2D eigenvalue weighted by atomic mass is 16.3. The number of hydrogen-bond donors (Lipinski definition) is 0. The van der Waals surface area contributed by atoms with E-state index in [1.54, 1.807) is 0 Å². The monoisotopic (exact) mass is 783 g/mol. The molecule has 11 rings (SSSR count). The molecular weight excluding hydrogens is 743 g/mol. The van der Waals surface area contributed by atoms with Crippen molar-refractivity contribution in [2.75, 3.05) is 0 Å². The van der Waals surface area contributed by atoms with Crippen LogP contribution in [0.25, 0.3) is 82.5 Å². The summed E-state index contributed by atoms with van der Waals surface area (Å²) in [6.07, 6.45) is 0. The number of furan rings is 1. The van der Waals surface area contributed by atoms with Crippen molar-refractivity contribution in [2.45, 2.75) is 19.9 Å². The third-order valence-corrected chi connectivity index (χ3v) is 12.0. The van der Waals surface area contributed by atoms with Gasteiger partial charge in [0.05, 0.1) is 17.1 Å². The van der Waals surface area contributed by atoms with Crippen LogP contribution in [0.15, 0.2) is 221 Å². The van der Waals surface area contributed by atoms with Crippen LogP contribution < -0.4 is 0 Å². The van der Waals surface area contributed by atoms with Crippen molar-refractivity contribution in [1.29, 1.82) is 0 Å². The van der Waals surface area contributed by atoms with Gasteiger partial charge in [0.15, 0.2) is 5.84 Å². The molecule has 0 aliphatic heterocycles. The van der Waals surface area contributed by atoms with Gasteiger partial charge in [-0.25, -0.2) is 4.99 Å². The summed E-state index contributed by atoms with van der Waals surface area (Å²) in [5.41, 5.74) is 13.7. The van der Waals surface area contributed by atoms with Crippen LogP contribution in [-0.4, -0.2) is 16.1 Å². The molecule has 4 heteroatoms. The van der Waals surface area contributed by atoms with Gasteiger partial charge in [0.25, 0.3) is 0 Å². The number of nitrogens with zero attached hydrogens (tertiary/aromatic N) is 3. The Morgan fingerprint density at radius 2 is 1.07 bits per heavy atom. The summed E-state index contributed by atoms with van der Waals surface area (Å²) in [5, 5.41) is 6.75. The molecule has 61 heavy (non-hydrogen) atoms. The number of benzene rings is 9. The average molecular weight is 784 g/mol. The lowest BCUT2D eigenvalue weighted by Gasteiger charge is -2.14. The third-order valence-electron chi connectivity index (χ3n) is 12.0.